The predicted molar refractivity (Wildman–Crippen MR) is 98.9 cm³/mol. The number of carbonyl (C=O) groups is 1. The summed E-state index contributed by atoms with van der Waals surface area (Å²) in [5.41, 5.74) is 4.19. The molecule has 2 aromatic carbocycles. The second-order valence-corrected chi connectivity index (χ2v) is 5.67. The minimum atomic E-state index is -0.275. The number of rotatable bonds is 7. The molecule has 0 radical (unpaired) electrons. The molecule has 0 bridgehead atoms. The fraction of sp³-hybridized carbons (Fsp3) is 0.300. The van der Waals surface area contributed by atoms with E-state index >= 15 is 0 Å². The number of oxime groups is 1. The Kier molecular flexibility index (Phi) is 6.57. The largest absolute Gasteiger partial charge is 0.489 e. The van der Waals surface area contributed by atoms with Crippen molar-refractivity contribution in [2.24, 2.45) is 5.16 Å². The molecule has 1 N–H and O–H groups in total. The molecule has 0 aromatic heterocycles. The van der Waals surface area contributed by atoms with Crippen molar-refractivity contribution >= 4 is 11.6 Å². The number of aryl methyl sites for hydroxylation is 2. The molecular weight excluding hydrogens is 316 g/mol. The molecule has 0 aliphatic heterocycles. The summed E-state index contributed by atoms with van der Waals surface area (Å²) in [6.07, 6.45) is 0. The smallest absolute Gasteiger partial charge is 0.273 e. The number of amides is 1. The molecule has 2 rings (SSSR count). The van der Waals surface area contributed by atoms with Gasteiger partial charge >= 0.3 is 0 Å². The highest BCUT2D eigenvalue weighted by Crippen LogP contribution is 2.19. The lowest BCUT2D eigenvalue weighted by Gasteiger charge is -2.13. The van der Waals surface area contributed by atoms with Gasteiger partial charge in [-0.25, -0.2) is 0 Å². The highest BCUT2D eigenvalue weighted by atomic mass is 16.6. The van der Waals surface area contributed by atoms with Gasteiger partial charge in [0.15, 0.2) is 5.71 Å². The highest BCUT2D eigenvalue weighted by molar-refractivity contribution is 6.45. The first-order valence-corrected chi connectivity index (χ1v) is 8.24. The summed E-state index contributed by atoms with van der Waals surface area (Å²) in [7, 11) is 1.42. The summed E-state index contributed by atoms with van der Waals surface area (Å²) >= 11 is 0. The van der Waals surface area contributed by atoms with Crippen LogP contribution in [0.4, 0.5) is 0 Å². The Morgan fingerprint density at radius 2 is 1.88 bits per heavy atom. The molecule has 0 heterocycles. The van der Waals surface area contributed by atoms with E-state index in [9.17, 15) is 4.79 Å². The SMILES string of the molecule is CCNC(=O)/C(=N/OC)c1ccccc1COc1ccc(C)c(C)c1. The van der Waals surface area contributed by atoms with E-state index in [4.69, 9.17) is 9.57 Å². The maximum atomic E-state index is 12.3. The molecule has 0 unspecified atom stereocenters. The number of benzene rings is 2. The van der Waals surface area contributed by atoms with Crippen molar-refractivity contribution in [3.05, 3.63) is 64.7 Å². The third kappa shape index (κ3) is 4.83. The third-order valence-corrected chi connectivity index (χ3v) is 3.88. The number of nitrogens with zero attached hydrogens (tertiary/aromatic N) is 1. The van der Waals surface area contributed by atoms with Crippen LogP contribution in [-0.2, 0) is 16.2 Å². The average Bonchev–Trinajstić information content (AvgIpc) is 2.61. The van der Waals surface area contributed by atoms with Gasteiger partial charge in [-0.05, 0) is 49.6 Å². The second-order valence-electron chi connectivity index (χ2n) is 5.67. The van der Waals surface area contributed by atoms with E-state index in [0.717, 1.165) is 11.3 Å². The molecule has 0 spiro atoms. The van der Waals surface area contributed by atoms with Crippen LogP contribution in [0.1, 0.15) is 29.2 Å². The van der Waals surface area contributed by atoms with Crippen LogP contribution in [0.2, 0.25) is 0 Å². The van der Waals surface area contributed by atoms with Gasteiger partial charge in [-0.3, -0.25) is 4.79 Å². The topological polar surface area (TPSA) is 59.9 Å². The molecule has 0 aliphatic rings. The summed E-state index contributed by atoms with van der Waals surface area (Å²) in [6.45, 7) is 6.82. The van der Waals surface area contributed by atoms with E-state index in [1.54, 1.807) is 0 Å². The first-order chi connectivity index (χ1) is 12.1. The number of likely N-dealkylation sites (N-methyl/N-ethyl adjacent to an activating group) is 1. The van der Waals surface area contributed by atoms with Gasteiger partial charge in [0.25, 0.3) is 5.91 Å². The van der Waals surface area contributed by atoms with E-state index < -0.39 is 0 Å². The minimum Gasteiger partial charge on any atom is -0.489 e. The Morgan fingerprint density at radius 1 is 1.12 bits per heavy atom. The average molecular weight is 340 g/mol. The van der Waals surface area contributed by atoms with Crippen LogP contribution in [-0.4, -0.2) is 25.3 Å². The van der Waals surface area contributed by atoms with E-state index in [-0.39, 0.29) is 11.6 Å². The van der Waals surface area contributed by atoms with E-state index in [1.807, 2.05) is 49.4 Å². The van der Waals surface area contributed by atoms with Crippen molar-refractivity contribution < 1.29 is 14.4 Å². The second kappa shape index (κ2) is 8.87. The molecule has 5 nitrogen and oxygen atoms in total. The lowest BCUT2D eigenvalue weighted by Crippen LogP contribution is -2.32. The molecule has 0 fully saturated rings. The number of carbonyl (C=O) groups excluding carboxylic acids is 1. The van der Waals surface area contributed by atoms with Gasteiger partial charge in [-0.1, -0.05) is 35.5 Å². The van der Waals surface area contributed by atoms with Crippen LogP contribution < -0.4 is 10.1 Å². The van der Waals surface area contributed by atoms with E-state index in [2.05, 4.69) is 24.3 Å². The Bertz CT molecular complexity index is 769. The van der Waals surface area contributed by atoms with E-state index in [0.29, 0.717) is 18.7 Å². The van der Waals surface area contributed by atoms with Crippen molar-refractivity contribution in [1.82, 2.24) is 5.32 Å². The molecule has 25 heavy (non-hydrogen) atoms. The maximum absolute atomic E-state index is 12.3. The summed E-state index contributed by atoms with van der Waals surface area (Å²) in [4.78, 5) is 17.1. The number of nitrogens with one attached hydrogen (secondary N) is 1. The van der Waals surface area contributed by atoms with Crippen LogP contribution in [0.3, 0.4) is 0 Å². The molecule has 0 atom stereocenters. The van der Waals surface area contributed by atoms with Gasteiger partial charge in [-0.15, -0.1) is 0 Å². The van der Waals surface area contributed by atoms with Crippen molar-refractivity contribution in [3.8, 4) is 5.75 Å². The summed E-state index contributed by atoms with van der Waals surface area (Å²) in [5.74, 6) is 0.518. The molecule has 0 aliphatic carbocycles. The summed E-state index contributed by atoms with van der Waals surface area (Å²) in [6, 6.07) is 13.5. The molecule has 132 valence electrons. The number of hydrogen-bond donors (Lipinski definition) is 1. The summed E-state index contributed by atoms with van der Waals surface area (Å²) in [5, 5.41) is 6.66. The van der Waals surface area contributed by atoms with Crippen LogP contribution >= 0.6 is 0 Å². The molecule has 0 saturated heterocycles. The Balaban J connectivity index is 2.25. The van der Waals surface area contributed by atoms with Crippen molar-refractivity contribution in [2.75, 3.05) is 13.7 Å². The quantitative estimate of drug-likeness (QED) is 0.621. The zero-order chi connectivity index (χ0) is 18.2. The molecule has 5 heteroatoms. The van der Waals surface area contributed by atoms with E-state index in [1.165, 1.54) is 18.2 Å². The maximum Gasteiger partial charge on any atom is 0.273 e. The third-order valence-electron chi connectivity index (χ3n) is 3.88. The number of hydrogen-bond acceptors (Lipinski definition) is 4. The van der Waals surface area contributed by atoms with Gasteiger partial charge in [0.2, 0.25) is 0 Å². The Morgan fingerprint density at radius 3 is 2.56 bits per heavy atom. The van der Waals surface area contributed by atoms with Crippen LogP contribution in [0.15, 0.2) is 47.6 Å². The first kappa shape index (κ1) is 18.5. The van der Waals surface area contributed by atoms with Gasteiger partial charge in [0.1, 0.15) is 19.5 Å². The van der Waals surface area contributed by atoms with Crippen LogP contribution in [0, 0.1) is 13.8 Å². The zero-order valence-corrected chi connectivity index (χ0v) is 15.1. The lowest BCUT2D eigenvalue weighted by atomic mass is 10.0. The van der Waals surface area contributed by atoms with Gasteiger partial charge in [-0.2, -0.15) is 0 Å². The zero-order valence-electron chi connectivity index (χ0n) is 15.1. The fourth-order valence-electron chi connectivity index (χ4n) is 2.39. The Labute approximate surface area is 148 Å². The van der Waals surface area contributed by atoms with Gasteiger partial charge < -0.3 is 14.9 Å². The Hall–Kier alpha value is -2.82. The van der Waals surface area contributed by atoms with Gasteiger partial charge in [0.05, 0.1) is 0 Å². The summed E-state index contributed by atoms with van der Waals surface area (Å²) < 4.78 is 5.91. The molecule has 1 amide bonds. The molecule has 0 saturated carbocycles. The standard InChI is InChI=1S/C20H24N2O3/c1-5-21-20(23)19(22-24-4)18-9-7-6-8-16(18)13-25-17-11-10-14(2)15(3)12-17/h6-12H,5,13H2,1-4H3,(H,21,23)/b22-19+. The monoisotopic (exact) mass is 340 g/mol. The normalized spacial score (nSPS) is 11.1. The van der Waals surface area contributed by atoms with Crippen LogP contribution in [0.25, 0.3) is 0 Å². The van der Waals surface area contributed by atoms with Crippen molar-refractivity contribution in [3.63, 3.8) is 0 Å². The van der Waals surface area contributed by atoms with Crippen LogP contribution in [0.5, 0.6) is 5.75 Å². The molecular formula is C20H24N2O3. The minimum absolute atomic E-state index is 0.239. The number of ether oxygens (including phenoxy) is 1. The fourth-order valence-corrected chi connectivity index (χ4v) is 2.39. The van der Waals surface area contributed by atoms with Crippen molar-refractivity contribution in [1.29, 1.82) is 0 Å². The molecule has 2 aromatic rings. The van der Waals surface area contributed by atoms with Crippen molar-refractivity contribution in [2.45, 2.75) is 27.4 Å². The predicted octanol–water partition coefficient (Wildman–Crippen LogP) is 3.37. The highest BCUT2D eigenvalue weighted by Gasteiger charge is 2.18. The van der Waals surface area contributed by atoms with Gasteiger partial charge in [0, 0.05) is 12.1 Å². The lowest BCUT2D eigenvalue weighted by molar-refractivity contribution is -0.114. The first-order valence-electron chi connectivity index (χ1n) is 8.24.